The molecule has 5 nitrogen and oxygen atoms in total. The molecule has 5 rings (SSSR count). The molecule has 1 unspecified atom stereocenters. The van der Waals surface area contributed by atoms with Gasteiger partial charge in [0, 0.05) is 5.69 Å². The Labute approximate surface area is 197 Å². The van der Waals surface area contributed by atoms with E-state index in [1.165, 1.54) is 0 Å². The van der Waals surface area contributed by atoms with E-state index in [4.69, 9.17) is 9.15 Å². The minimum Gasteiger partial charge on any atom is -0.490 e. The predicted molar refractivity (Wildman–Crippen MR) is 134 cm³/mol. The number of hydrogen-bond acceptors (Lipinski definition) is 4. The van der Waals surface area contributed by atoms with E-state index in [-0.39, 0.29) is 17.1 Å². The van der Waals surface area contributed by atoms with Crippen molar-refractivity contribution in [1.29, 1.82) is 0 Å². The Morgan fingerprint density at radius 3 is 2.53 bits per heavy atom. The van der Waals surface area contributed by atoms with Gasteiger partial charge in [0.05, 0.1) is 17.0 Å². The number of carbonyl (C=O) groups is 1. The number of carbonyl (C=O) groups excluding carboxylic acids is 1. The van der Waals surface area contributed by atoms with E-state index in [1.54, 1.807) is 11.0 Å². The van der Waals surface area contributed by atoms with Crippen LogP contribution >= 0.6 is 0 Å². The molecule has 1 aliphatic heterocycles. The highest BCUT2D eigenvalue weighted by Gasteiger charge is 2.43. The fourth-order valence-electron chi connectivity index (χ4n) is 4.52. The SMILES string of the molecule is C=CCOc1cccc(C2c3c(oc4cc(C)c(C)cc4c3=O)C(=O)N2c2cccc(C)c2)c1. The Kier molecular flexibility index (Phi) is 5.33. The molecule has 0 fully saturated rings. The highest BCUT2D eigenvalue weighted by Crippen LogP contribution is 2.42. The van der Waals surface area contributed by atoms with E-state index in [9.17, 15) is 9.59 Å². The summed E-state index contributed by atoms with van der Waals surface area (Å²) in [6.07, 6.45) is 1.67. The molecule has 0 spiro atoms. The molecule has 0 radical (unpaired) electrons. The summed E-state index contributed by atoms with van der Waals surface area (Å²) in [6, 6.07) is 18.2. The predicted octanol–water partition coefficient (Wildman–Crippen LogP) is 6.03. The summed E-state index contributed by atoms with van der Waals surface area (Å²) in [4.78, 5) is 29.2. The highest BCUT2D eigenvalue weighted by molar-refractivity contribution is 6.10. The number of ether oxygens (including phenoxy) is 1. The molecular formula is C29H25NO4. The Hall–Kier alpha value is -4.12. The van der Waals surface area contributed by atoms with Crippen LogP contribution in [0.3, 0.4) is 0 Å². The van der Waals surface area contributed by atoms with Crippen molar-refractivity contribution in [2.45, 2.75) is 26.8 Å². The number of aryl methyl sites for hydroxylation is 3. The quantitative estimate of drug-likeness (QED) is 0.348. The lowest BCUT2D eigenvalue weighted by molar-refractivity contribution is 0.0971. The summed E-state index contributed by atoms with van der Waals surface area (Å²) in [6.45, 7) is 9.95. The zero-order chi connectivity index (χ0) is 24.0. The first kappa shape index (κ1) is 21.7. The van der Waals surface area contributed by atoms with Crippen LogP contribution in [0.5, 0.6) is 5.75 Å². The van der Waals surface area contributed by atoms with Crippen LogP contribution in [0.4, 0.5) is 5.69 Å². The number of rotatable bonds is 5. The molecule has 5 heteroatoms. The molecule has 34 heavy (non-hydrogen) atoms. The second-order valence-corrected chi connectivity index (χ2v) is 8.70. The van der Waals surface area contributed by atoms with Crippen LogP contribution in [0.25, 0.3) is 11.0 Å². The largest absolute Gasteiger partial charge is 0.490 e. The second kappa shape index (κ2) is 8.34. The molecule has 0 aliphatic carbocycles. The van der Waals surface area contributed by atoms with Crippen molar-refractivity contribution < 1.29 is 13.9 Å². The van der Waals surface area contributed by atoms with Gasteiger partial charge in [-0.05, 0) is 79.4 Å². The first-order valence-electron chi connectivity index (χ1n) is 11.2. The molecule has 0 saturated carbocycles. The van der Waals surface area contributed by atoms with Gasteiger partial charge in [-0.3, -0.25) is 14.5 Å². The van der Waals surface area contributed by atoms with Gasteiger partial charge in [0.25, 0.3) is 5.91 Å². The number of amides is 1. The Balaban J connectivity index is 1.78. The maximum absolute atomic E-state index is 13.8. The van der Waals surface area contributed by atoms with E-state index in [0.717, 1.165) is 22.3 Å². The van der Waals surface area contributed by atoms with Gasteiger partial charge in [0.15, 0.2) is 5.43 Å². The minimum atomic E-state index is -0.640. The third-order valence-corrected chi connectivity index (χ3v) is 6.31. The van der Waals surface area contributed by atoms with Crippen molar-refractivity contribution >= 4 is 22.6 Å². The summed E-state index contributed by atoms with van der Waals surface area (Å²) in [7, 11) is 0. The second-order valence-electron chi connectivity index (χ2n) is 8.70. The molecule has 1 amide bonds. The summed E-state index contributed by atoms with van der Waals surface area (Å²) in [5.74, 6) is 0.393. The average molecular weight is 452 g/mol. The van der Waals surface area contributed by atoms with E-state index >= 15 is 0 Å². The fourth-order valence-corrected chi connectivity index (χ4v) is 4.52. The van der Waals surface area contributed by atoms with E-state index < -0.39 is 6.04 Å². The van der Waals surface area contributed by atoms with Crippen molar-refractivity contribution in [3.05, 3.63) is 117 Å². The van der Waals surface area contributed by atoms with Crippen molar-refractivity contribution in [1.82, 2.24) is 0 Å². The monoisotopic (exact) mass is 451 g/mol. The van der Waals surface area contributed by atoms with Crippen LogP contribution in [0.1, 0.15) is 44.4 Å². The Morgan fingerprint density at radius 2 is 1.76 bits per heavy atom. The van der Waals surface area contributed by atoms with Crippen LogP contribution in [-0.4, -0.2) is 12.5 Å². The lowest BCUT2D eigenvalue weighted by Gasteiger charge is -2.26. The van der Waals surface area contributed by atoms with Crippen LogP contribution in [0.15, 0.2) is 82.5 Å². The first-order valence-corrected chi connectivity index (χ1v) is 11.2. The van der Waals surface area contributed by atoms with Crippen LogP contribution in [-0.2, 0) is 0 Å². The van der Waals surface area contributed by atoms with Gasteiger partial charge in [0.1, 0.15) is 17.9 Å². The van der Waals surface area contributed by atoms with Crippen molar-refractivity contribution in [2.24, 2.45) is 0 Å². The fraction of sp³-hybridized carbons (Fsp3) is 0.172. The van der Waals surface area contributed by atoms with Gasteiger partial charge in [-0.1, -0.05) is 36.9 Å². The standard InChI is InChI=1S/C29H25NO4/c1-5-12-33-22-11-7-9-20(16-22)26-25-27(31)23-14-18(3)19(4)15-24(23)34-28(25)29(32)30(26)21-10-6-8-17(2)13-21/h5-11,13-16,26H,1,12H2,2-4H3. The van der Waals surface area contributed by atoms with Gasteiger partial charge in [-0.2, -0.15) is 0 Å². The van der Waals surface area contributed by atoms with Crippen molar-refractivity contribution in [3.63, 3.8) is 0 Å². The summed E-state index contributed by atoms with van der Waals surface area (Å²) in [5, 5.41) is 0.477. The van der Waals surface area contributed by atoms with Gasteiger partial charge in [-0.25, -0.2) is 0 Å². The molecular weight excluding hydrogens is 426 g/mol. The van der Waals surface area contributed by atoms with E-state index in [1.807, 2.05) is 81.4 Å². The minimum absolute atomic E-state index is 0.0877. The van der Waals surface area contributed by atoms with Gasteiger partial charge in [-0.15, -0.1) is 0 Å². The normalized spacial score (nSPS) is 15.0. The Bertz CT molecular complexity index is 1510. The molecule has 1 aliphatic rings. The maximum Gasteiger partial charge on any atom is 0.295 e. The lowest BCUT2D eigenvalue weighted by Crippen LogP contribution is -2.29. The smallest absolute Gasteiger partial charge is 0.295 e. The topological polar surface area (TPSA) is 59.8 Å². The zero-order valence-electron chi connectivity index (χ0n) is 19.4. The average Bonchev–Trinajstić information content (AvgIpc) is 3.12. The number of fused-ring (bicyclic) bond motifs is 2. The van der Waals surface area contributed by atoms with Crippen LogP contribution < -0.4 is 15.1 Å². The van der Waals surface area contributed by atoms with Crippen molar-refractivity contribution in [2.75, 3.05) is 11.5 Å². The molecule has 3 aromatic carbocycles. The maximum atomic E-state index is 13.8. The molecule has 4 aromatic rings. The molecule has 0 bridgehead atoms. The Morgan fingerprint density at radius 1 is 1.00 bits per heavy atom. The molecule has 1 atom stereocenters. The number of nitrogens with zero attached hydrogens (tertiary/aromatic N) is 1. The number of hydrogen-bond donors (Lipinski definition) is 0. The van der Waals surface area contributed by atoms with Crippen LogP contribution in [0.2, 0.25) is 0 Å². The van der Waals surface area contributed by atoms with E-state index in [2.05, 4.69) is 6.58 Å². The summed E-state index contributed by atoms with van der Waals surface area (Å²) < 4.78 is 11.9. The van der Waals surface area contributed by atoms with Gasteiger partial charge >= 0.3 is 0 Å². The summed E-state index contributed by atoms with van der Waals surface area (Å²) >= 11 is 0. The van der Waals surface area contributed by atoms with Gasteiger partial charge < -0.3 is 9.15 Å². The number of benzene rings is 3. The molecule has 170 valence electrons. The highest BCUT2D eigenvalue weighted by atomic mass is 16.5. The molecule has 0 N–H and O–H groups in total. The molecule has 1 aromatic heterocycles. The third kappa shape index (κ3) is 3.50. The third-order valence-electron chi connectivity index (χ3n) is 6.31. The lowest BCUT2D eigenvalue weighted by atomic mass is 9.97. The molecule has 0 saturated heterocycles. The van der Waals surface area contributed by atoms with Gasteiger partial charge in [0.2, 0.25) is 5.76 Å². The zero-order valence-corrected chi connectivity index (χ0v) is 19.4. The molecule has 2 heterocycles. The summed E-state index contributed by atoms with van der Waals surface area (Å²) in [5.41, 5.74) is 5.07. The number of anilines is 1. The van der Waals surface area contributed by atoms with E-state index in [0.29, 0.717) is 34.6 Å². The first-order chi connectivity index (χ1) is 16.4. The van der Waals surface area contributed by atoms with Crippen molar-refractivity contribution in [3.8, 4) is 5.75 Å². The van der Waals surface area contributed by atoms with Crippen LogP contribution in [0, 0.1) is 20.8 Å².